The highest BCUT2D eigenvalue weighted by Gasteiger charge is 2.34. The highest BCUT2D eigenvalue weighted by molar-refractivity contribution is 7.99. The molecule has 1 aliphatic heterocycles. The lowest BCUT2D eigenvalue weighted by Gasteiger charge is -2.18. The average molecular weight is 467 g/mol. The molecule has 1 N–H and O–H groups in total. The average Bonchev–Trinajstić information content (AvgIpc) is 3.51. The fourth-order valence-corrected chi connectivity index (χ4v) is 6.29. The molecule has 0 saturated heterocycles. The largest absolute Gasteiger partial charge is 0.467 e. The molecule has 0 spiro atoms. The van der Waals surface area contributed by atoms with Crippen molar-refractivity contribution < 1.29 is 9.53 Å². The van der Waals surface area contributed by atoms with E-state index in [9.17, 15) is 9.59 Å². The van der Waals surface area contributed by atoms with Gasteiger partial charge in [0.05, 0.1) is 12.1 Å². The minimum Gasteiger partial charge on any atom is -0.467 e. The van der Waals surface area contributed by atoms with E-state index in [1.165, 1.54) is 23.4 Å². The van der Waals surface area contributed by atoms with Crippen molar-refractivity contribution in [2.75, 3.05) is 12.9 Å². The van der Waals surface area contributed by atoms with Gasteiger partial charge in [-0.05, 0) is 57.5 Å². The van der Waals surface area contributed by atoms with Gasteiger partial charge in [0.25, 0.3) is 5.56 Å². The smallest absolute Gasteiger partial charge is 0.329 e. The summed E-state index contributed by atoms with van der Waals surface area (Å²) in [6.45, 7) is 0. The van der Waals surface area contributed by atoms with Crippen LogP contribution in [0.15, 0.2) is 88.8 Å². The van der Waals surface area contributed by atoms with Gasteiger partial charge in [0.2, 0.25) is 0 Å². The molecule has 6 rings (SSSR count). The van der Waals surface area contributed by atoms with Crippen LogP contribution in [0, 0.1) is 0 Å². The molecular formula is C28H22N2O3S. The van der Waals surface area contributed by atoms with E-state index < -0.39 is 6.04 Å². The number of thioether (sulfide) groups is 1. The summed E-state index contributed by atoms with van der Waals surface area (Å²) in [7, 11) is 1.37. The number of carbonyl (C=O) groups excluding carboxylic acids is 1. The number of H-pyrrole nitrogens is 1. The topological polar surface area (TPSA) is 64.1 Å². The molecule has 3 aromatic carbocycles. The van der Waals surface area contributed by atoms with Crippen molar-refractivity contribution in [2.24, 2.45) is 0 Å². The van der Waals surface area contributed by atoms with Gasteiger partial charge < -0.3 is 9.72 Å². The molecule has 0 bridgehead atoms. The Morgan fingerprint density at radius 3 is 2.76 bits per heavy atom. The van der Waals surface area contributed by atoms with Crippen LogP contribution < -0.4 is 5.56 Å². The van der Waals surface area contributed by atoms with Gasteiger partial charge in [-0.2, -0.15) is 0 Å². The Morgan fingerprint density at radius 2 is 1.88 bits per heavy atom. The first-order chi connectivity index (χ1) is 16.6. The standard InChI is InChI=1S/C28H22N2O3S/c1-33-28(32)24-16-34-27-26(20-9-10-23-19(14-20)11-12-29-23)21(15-25(31)30(24)27)13-18-7-4-6-17-5-2-3-8-22(17)18/h2-12,14-15,24,29H,13,16H2,1H3/t24-/m0/s1. The number of hydrogen-bond donors (Lipinski definition) is 1. The SMILES string of the molecule is COC(=O)[C@@H]1CSc2c(-c3ccc4[nH]ccc4c3)c(Cc3cccc4ccccc34)cc(=O)n21. The third-order valence-corrected chi connectivity index (χ3v) is 7.71. The molecule has 3 heterocycles. The van der Waals surface area contributed by atoms with E-state index in [0.717, 1.165) is 32.6 Å². The quantitative estimate of drug-likeness (QED) is 0.352. The molecule has 5 aromatic rings. The molecule has 0 amide bonds. The number of ether oxygens (including phenoxy) is 1. The number of nitrogens with one attached hydrogen (secondary N) is 1. The monoisotopic (exact) mass is 466 g/mol. The molecule has 6 heteroatoms. The lowest BCUT2D eigenvalue weighted by Crippen LogP contribution is -2.30. The molecule has 0 fully saturated rings. The lowest BCUT2D eigenvalue weighted by atomic mass is 9.93. The molecule has 0 radical (unpaired) electrons. The molecule has 5 nitrogen and oxygen atoms in total. The molecule has 0 saturated carbocycles. The van der Waals surface area contributed by atoms with Crippen molar-refractivity contribution in [3.63, 3.8) is 0 Å². The van der Waals surface area contributed by atoms with Gasteiger partial charge in [0.15, 0.2) is 0 Å². The normalized spacial score (nSPS) is 15.0. The van der Waals surface area contributed by atoms with Gasteiger partial charge in [0, 0.05) is 29.1 Å². The summed E-state index contributed by atoms with van der Waals surface area (Å²) < 4.78 is 6.61. The fraction of sp³-hybridized carbons (Fsp3) is 0.143. The van der Waals surface area contributed by atoms with Crippen LogP contribution in [0.1, 0.15) is 17.2 Å². The lowest BCUT2D eigenvalue weighted by molar-refractivity contribution is -0.143. The van der Waals surface area contributed by atoms with Gasteiger partial charge in [0.1, 0.15) is 6.04 Å². The number of methoxy groups -OCH3 is 1. The molecule has 168 valence electrons. The van der Waals surface area contributed by atoms with Crippen LogP contribution in [-0.4, -0.2) is 28.4 Å². The van der Waals surface area contributed by atoms with Gasteiger partial charge >= 0.3 is 5.97 Å². The van der Waals surface area contributed by atoms with Gasteiger partial charge in [-0.3, -0.25) is 9.36 Å². The van der Waals surface area contributed by atoms with Crippen LogP contribution in [0.25, 0.3) is 32.8 Å². The molecule has 0 aliphatic carbocycles. The number of rotatable bonds is 4. The molecule has 34 heavy (non-hydrogen) atoms. The van der Waals surface area contributed by atoms with E-state index >= 15 is 0 Å². The summed E-state index contributed by atoms with van der Waals surface area (Å²) >= 11 is 1.55. The van der Waals surface area contributed by atoms with Gasteiger partial charge in [-0.1, -0.05) is 48.5 Å². The third-order valence-electron chi connectivity index (χ3n) is 6.55. The van der Waals surface area contributed by atoms with E-state index in [0.29, 0.717) is 12.2 Å². The maximum absolute atomic E-state index is 13.3. The number of esters is 1. The number of nitrogens with zero attached hydrogens (tertiary/aromatic N) is 1. The van der Waals surface area contributed by atoms with Crippen LogP contribution >= 0.6 is 11.8 Å². The van der Waals surface area contributed by atoms with E-state index in [1.54, 1.807) is 22.4 Å². The van der Waals surface area contributed by atoms with Crippen molar-refractivity contribution in [3.8, 4) is 11.1 Å². The zero-order valence-corrected chi connectivity index (χ0v) is 19.4. The van der Waals surface area contributed by atoms with Gasteiger partial charge in [-0.15, -0.1) is 11.8 Å². The zero-order valence-electron chi connectivity index (χ0n) is 18.6. The molecule has 1 aliphatic rings. The minimum absolute atomic E-state index is 0.169. The summed E-state index contributed by atoms with van der Waals surface area (Å²) in [4.78, 5) is 29.0. The minimum atomic E-state index is -0.612. The van der Waals surface area contributed by atoms with E-state index in [1.807, 2.05) is 24.4 Å². The molecular weight excluding hydrogens is 444 g/mol. The predicted molar refractivity (Wildman–Crippen MR) is 137 cm³/mol. The molecule has 0 unspecified atom stereocenters. The first-order valence-corrected chi connectivity index (χ1v) is 12.2. The first-order valence-electron chi connectivity index (χ1n) is 11.2. The highest BCUT2D eigenvalue weighted by atomic mass is 32.2. The van der Waals surface area contributed by atoms with Crippen LogP contribution in [-0.2, 0) is 16.0 Å². The number of aromatic nitrogens is 2. The van der Waals surface area contributed by atoms with Gasteiger partial charge in [-0.25, -0.2) is 4.79 Å². The number of aromatic amines is 1. The van der Waals surface area contributed by atoms with Crippen molar-refractivity contribution in [3.05, 3.63) is 100 Å². The first kappa shape index (κ1) is 20.8. The summed E-state index contributed by atoms with van der Waals surface area (Å²) in [6, 6.07) is 24.0. The Hall–Kier alpha value is -3.77. The highest BCUT2D eigenvalue weighted by Crippen LogP contribution is 2.42. The number of hydrogen-bond acceptors (Lipinski definition) is 4. The number of pyridine rings is 1. The van der Waals surface area contributed by atoms with Crippen molar-refractivity contribution in [1.82, 2.24) is 9.55 Å². The Morgan fingerprint density at radius 1 is 1.03 bits per heavy atom. The summed E-state index contributed by atoms with van der Waals surface area (Å²) in [5.41, 5.74) is 5.05. The third kappa shape index (κ3) is 3.33. The van der Waals surface area contributed by atoms with Crippen LogP contribution in [0.3, 0.4) is 0 Å². The molecule has 1 atom stereocenters. The Balaban J connectivity index is 1.59. The summed E-state index contributed by atoms with van der Waals surface area (Å²) in [5.74, 6) is 0.0983. The van der Waals surface area contributed by atoms with Crippen LogP contribution in [0.4, 0.5) is 0 Å². The van der Waals surface area contributed by atoms with Crippen molar-refractivity contribution in [1.29, 1.82) is 0 Å². The maximum atomic E-state index is 13.3. The number of fused-ring (bicyclic) bond motifs is 3. The number of carbonyl (C=O) groups is 1. The Bertz CT molecular complexity index is 1630. The van der Waals surface area contributed by atoms with Crippen molar-refractivity contribution in [2.45, 2.75) is 17.5 Å². The summed E-state index contributed by atoms with van der Waals surface area (Å²) in [6.07, 6.45) is 2.54. The van der Waals surface area contributed by atoms with Crippen LogP contribution in [0.5, 0.6) is 0 Å². The van der Waals surface area contributed by atoms with E-state index in [4.69, 9.17) is 4.74 Å². The number of benzene rings is 3. The van der Waals surface area contributed by atoms with E-state index in [2.05, 4.69) is 53.5 Å². The Kier molecular flexibility index (Phi) is 5.03. The second-order valence-corrected chi connectivity index (χ2v) is 9.51. The summed E-state index contributed by atoms with van der Waals surface area (Å²) in [5, 5.41) is 4.28. The predicted octanol–water partition coefficient (Wildman–Crippen LogP) is 5.56. The van der Waals surface area contributed by atoms with Crippen molar-refractivity contribution >= 4 is 39.4 Å². The van der Waals surface area contributed by atoms with Crippen LogP contribution in [0.2, 0.25) is 0 Å². The maximum Gasteiger partial charge on any atom is 0.329 e. The second kappa shape index (κ2) is 8.22. The zero-order chi connectivity index (χ0) is 23.2. The Labute approximate surface area is 200 Å². The van der Waals surface area contributed by atoms with E-state index in [-0.39, 0.29) is 11.5 Å². The second-order valence-electron chi connectivity index (χ2n) is 8.50. The fourth-order valence-electron chi connectivity index (χ4n) is 4.94. The molecule has 2 aromatic heterocycles.